The maximum Gasteiger partial charge on any atom is 0.262 e. The first-order valence-electron chi connectivity index (χ1n) is 8.99. The number of amides is 1. The molecule has 6 heteroatoms. The molecule has 1 amide bonds. The zero-order valence-electron chi connectivity index (χ0n) is 15.7. The lowest BCUT2D eigenvalue weighted by molar-refractivity contribution is -0.116. The smallest absolute Gasteiger partial charge is 0.262 e. The van der Waals surface area contributed by atoms with Gasteiger partial charge in [0.2, 0.25) is 0 Å². The second-order valence-corrected chi connectivity index (χ2v) is 6.73. The van der Waals surface area contributed by atoms with Crippen LogP contribution in [0.25, 0.3) is 17.3 Å². The zero-order chi connectivity index (χ0) is 20.6. The summed E-state index contributed by atoms with van der Waals surface area (Å²) in [5, 5.41) is 17.4. The van der Waals surface area contributed by atoms with Gasteiger partial charge in [-0.15, -0.1) is 6.58 Å². The van der Waals surface area contributed by atoms with E-state index < -0.39 is 5.91 Å². The summed E-state index contributed by atoms with van der Waals surface area (Å²) in [5.41, 5.74) is 3.28. The molecule has 1 N–H and O–H groups in total. The Balaban J connectivity index is 2.02. The molecule has 144 valence electrons. The largest absolute Gasteiger partial charge is 0.348 e. The van der Waals surface area contributed by atoms with Gasteiger partial charge in [-0.05, 0) is 23.8 Å². The van der Waals surface area contributed by atoms with E-state index in [1.807, 2.05) is 54.7 Å². The fourth-order valence-corrected chi connectivity index (χ4v) is 2.92. The molecule has 3 rings (SSSR count). The summed E-state index contributed by atoms with van der Waals surface area (Å²) in [7, 11) is 0. The van der Waals surface area contributed by atoms with Crippen molar-refractivity contribution in [2.75, 3.05) is 6.54 Å². The Hall–Kier alpha value is -3.62. The van der Waals surface area contributed by atoms with Gasteiger partial charge in [0.15, 0.2) is 0 Å². The molecule has 1 aromatic heterocycles. The lowest BCUT2D eigenvalue weighted by Crippen LogP contribution is -2.24. The van der Waals surface area contributed by atoms with E-state index >= 15 is 0 Å². The number of nitrogens with one attached hydrogen (secondary N) is 1. The third-order valence-corrected chi connectivity index (χ3v) is 4.42. The predicted molar refractivity (Wildman–Crippen MR) is 115 cm³/mol. The first-order chi connectivity index (χ1) is 14.1. The summed E-state index contributed by atoms with van der Waals surface area (Å²) in [6.07, 6.45) is 4.94. The van der Waals surface area contributed by atoms with E-state index in [1.54, 1.807) is 29.0 Å². The Morgan fingerprint density at radius 3 is 2.59 bits per heavy atom. The molecule has 29 heavy (non-hydrogen) atoms. The van der Waals surface area contributed by atoms with E-state index in [0.717, 1.165) is 11.1 Å². The van der Waals surface area contributed by atoms with Crippen LogP contribution < -0.4 is 5.32 Å². The van der Waals surface area contributed by atoms with Gasteiger partial charge in [0.05, 0.1) is 12.2 Å². The van der Waals surface area contributed by atoms with Gasteiger partial charge in [0, 0.05) is 28.9 Å². The lowest BCUT2D eigenvalue weighted by Gasteiger charge is -2.02. The monoisotopic (exact) mass is 402 g/mol. The summed E-state index contributed by atoms with van der Waals surface area (Å²) in [5.74, 6) is -0.453. The number of nitrogens with zero attached hydrogens (tertiary/aromatic N) is 3. The second kappa shape index (κ2) is 9.54. The van der Waals surface area contributed by atoms with Gasteiger partial charge in [0.25, 0.3) is 5.91 Å². The molecule has 0 aliphatic carbocycles. The van der Waals surface area contributed by atoms with E-state index in [4.69, 9.17) is 11.6 Å². The van der Waals surface area contributed by atoms with Crippen molar-refractivity contribution in [1.82, 2.24) is 15.1 Å². The molecule has 0 radical (unpaired) electrons. The Morgan fingerprint density at radius 1 is 1.21 bits per heavy atom. The van der Waals surface area contributed by atoms with E-state index in [9.17, 15) is 10.1 Å². The fraction of sp³-hybridized carbons (Fsp3) is 0.0870. The highest BCUT2D eigenvalue weighted by Gasteiger charge is 2.14. The number of aromatic nitrogens is 2. The average Bonchev–Trinajstić information content (AvgIpc) is 3.13. The predicted octanol–water partition coefficient (Wildman–Crippen LogP) is 4.46. The number of rotatable bonds is 7. The Bertz CT molecular complexity index is 1080. The van der Waals surface area contributed by atoms with Gasteiger partial charge in [-0.1, -0.05) is 60.1 Å². The van der Waals surface area contributed by atoms with Crippen LogP contribution in [0.3, 0.4) is 0 Å². The van der Waals surface area contributed by atoms with Crippen LogP contribution in [0, 0.1) is 11.3 Å². The molecule has 0 fully saturated rings. The van der Waals surface area contributed by atoms with Crippen molar-refractivity contribution in [2.24, 2.45) is 0 Å². The van der Waals surface area contributed by atoms with Crippen LogP contribution in [0.2, 0.25) is 5.02 Å². The maximum absolute atomic E-state index is 12.2. The highest BCUT2D eigenvalue weighted by Crippen LogP contribution is 2.26. The number of nitriles is 1. The zero-order valence-corrected chi connectivity index (χ0v) is 16.4. The minimum atomic E-state index is -0.453. The first kappa shape index (κ1) is 20.1. The molecule has 0 spiro atoms. The average molecular weight is 403 g/mol. The number of halogens is 1. The first-order valence-corrected chi connectivity index (χ1v) is 9.36. The fourth-order valence-electron chi connectivity index (χ4n) is 2.79. The molecular weight excluding hydrogens is 384 g/mol. The number of benzene rings is 2. The van der Waals surface area contributed by atoms with Crippen molar-refractivity contribution in [2.45, 2.75) is 6.54 Å². The van der Waals surface area contributed by atoms with Gasteiger partial charge in [0.1, 0.15) is 11.6 Å². The van der Waals surface area contributed by atoms with Crippen LogP contribution in [0.1, 0.15) is 11.1 Å². The van der Waals surface area contributed by atoms with Crippen LogP contribution >= 0.6 is 11.6 Å². The topological polar surface area (TPSA) is 70.7 Å². The normalized spacial score (nSPS) is 11.0. The summed E-state index contributed by atoms with van der Waals surface area (Å²) in [6, 6.07) is 19.2. The SMILES string of the molecule is C=CCNC(=O)/C(C#N)=C/c1cn(Cc2ccccc2)nc1-c1ccc(Cl)cc1. The molecule has 0 aliphatic rings. The Kier molecular flexibility index (Phi) is 6.62. The molecule has 5 nitrogen and oxygen atoms in total. The molecule has 0 saturated carbocycles. The van der Waals surface area contributed by atoms with Crippen molar-refractivity contribution in [3.63, 3.8) is 0 Å². The Labute approximate surface area is 174 Å². The molecule has 1 heterocycles. The van der Waals surface area contributed by atoms with Crippen molar-refractivity contribution in [3.8, 4) is 17.3 Å². The molecule has 0 unspecified atom stereocenters. The number of hydrogen-bond acceptors (Lipinski definition) is 3. The molecule has 3 aromatic rings. The highest BCUT2D eigenvalue weighted by molar-refractivity contribution is 6.30. The van der Waals surface area contributed by atoms with Crippen LogP contribution in [-0.2, 0) is 11.3 Å². The summed E-state index contributed by atoms with van der Waals surface area (Å²) in [4.78, 5) is 12.2. The van der Waals surface area contributed by atoms with E-state index in [0.29, 0.717) is 22.8 Å². The summed E-state index contributed by atoms with van der Waals surface area (Å²) >= 11 is 6.01. The van der Waals surface area contributed by atoms with Gasteiger partial charge in [-0.2, -0.15) is 10.4 Å². The molecule has 0 bridgehead atoms. The van der Waals surface area contributed by atoms with Crippen molar-refractivity contribution in [3.05, 3.63) is 95.2 Å². The molecule has 0 atom stereocenters. The van der Waals surface area contributed by atoms with Crippen molar-refractivity contribution >= 4 is 23.6 Å². The molecular formula is C23H19ClN4O. The Morgan fingerprint density at radius 2 is 1.93 bits per heavy atom. The number of carbonyl (C=O) groups is 1. The van der Waals surface area contributed by atoms with Crippen molar-refractivity contribution < 1.29 is 4.79 Å². The molecule has 0 saturated heterocycles. The van der Waals surface area contributed by atoms with Crippen LogP contribution in [0.5, 0.6) is 0 Å². The van der Waals surface area contributed by atoms with E-state index in [-0.39, 0.29) is 12.1 Å². The number of hydrogen-bond donors (Lipinski definition) is 1. The van der Waals surface area contributed by atoms with E-state index in [1.165, 1.54) is 0 Å². The summed E-state index contributed by atoms with van der Waals surface area (Å²) in [6.45, 7) is 4.42. The minimum absolute atomic E-state index is 0.00123. The quantitative estimate of drug-likeness (QED) is 0.360. The second-order valence-electron chi connectivity index (χ2n) is 6.29. The number of carbonyl (C=O) groups excluding carboxylic acids is 1. The van der Waals surface area contributed by atoms with Gasteiger partial charge in [-0.3, -0.25) is 9.48 Å². The van der Waals surface area contributed by atoms with Crippen LogP contribution in [-0.4, -0.2) is 22.2 Å². The standard InChI is InChI=1S/C23H19ClN4O/c1-2-12-26-23(29)19(14-25)13-20-16-28(15-17-6-4-3-5-7-17)27-22(20)18-8-10-21(24)11-9-18/h2-11,13,16H,1,12,15H2,(H,26,29)/b19-13+. The van der Waals surface area contributed by atoms with Gasteiger partial charge in [-0.25, -0.2) is 0 Å². The van der Waals surface area contributed by atoms with Crippen LogP contribution in [0.15, 0.2) is 79.0 Å². The van der Waals surface area contributed by atoms with E-state index in [2.05, 4.69) is 17.0 Å². The third-order valence-electron chi connectivity index (χ3n) is 4.17. The highest BCUT2D eigenvalue weighted by atomic mass is 35.5. The van der Waals surface area contributed by atoms with Crippen molar-refractivity contribution in [1.29, 1.82) is 5.26 Å². The van der Waals surface area contributed by atoms with Crippen LogP contribution in [0.4, 0.5) is 0 Å². The third kappa shape index (κ3) is 5.22. The summed E-state index contributed by atoms with van der Waals surface area (Å²) < 4.78 is 1.79. The maximum atomic E-state index is 12.2. The van der Waals surface area contributed by atoms with Gasteiger partial charge >= 0.3 is 0 Å². The lowest BCUT2D eigenvalue weighted by atomic mass is 10.1. The molecule has 2 aromatic carbocycles. The molecule has 0 aliphatic heterocycles. The minimum Gasteiger partial charge on any atom is -0.348 e. The van der Waals surface area contributed by atoms with Gasteiger partial charge < -0.3 is 5.32 Å².